The maximum absolute atomic E-state index is 5.81. The third-order valence-electron chi connectivity index (χ3n) is 3.26. The van der Waals surface area contributed by atoms with Crippen molar-refractivity contribution in [2.75, 3.05) is 24.6 Å². The summed E-state index contributed by atoms with van der Waals surface area (Å²) in [6.07, 6.45) is 5.40. The molecule has 0 radical (unpaired) electrons. The Labute approximate surface area is 97.4 Å². The van der Waals surface area contributed by atoms with Crippen molar-refractivity contribution in [1.29, 1.82) is 0 Å². The van der Waals surface area contributed by atoms with Gasteiger partial charge in [0.1, 0.15) is 0 Å². The van der Waals surface area contributed by atoms with Crippen molar-refractivity contribution >= 4 is 11.4 Å². The van der Waals surface area contributed by atoms with E-state index >= 15 is 0 Å². The average molecular weight is 219 g/mol. The van der Waals surface area contributed by atoms with Gasteiger partial charge in [-0.1, -0.05) is 18.9 Å². The first kappa shape index (κ1) is 11.3. The molecule has 0 aromatic heterocycles. The minimum absolute atomic E-state index is 0.680. The third kappa shape index (κ3) is 2.89. The fourth-order valence-electron chi connectivity index (χ4n) is 2.28. The Morgan fingerprint density at radius 1 is 0.938 bits per heavy atom. The van der Waals surface area contributed by atoms with Crippen LogP contribution in [0.2, 0.25) is 0 Å². The molecule has 0 atom stereocenters. The van der Waals surface area contributed by atoms with Gasteiger partial charge in [0, 0.05) is 6.54 Å². The summed E-state index contributed by atoms with van der Waals surface area (Å²) in [5.74, 6) is 0. The van der Waals surface area contributed by atoms with Crippen molar-refractivity contribution in [1.82, 2.24) is 4.90 Å². The highest BCUT2D eigenvalue weighted by Crippen LogP contribution is 2.18. The summed E-state index contributed by atoms with van der Waals surface area (Å²) < 4.78 is 0. The molecule has 1 aliphatic rings. The van der Waals surface area contributed by atoms with Crippen LogP contribution in [0.4, 0.5) is 11.4 Å². The molecule has 0 amide bonds. The monoisotopic (exact) mass is 219 g/mol. The van der Waals surface area contributed by atoms with Crippen LogP contribution in [0, 0.1) is 0 Å². The second-order valence-electron chi connectivity index (χ2n) is 4.65. The molecule has 1 heterocycles. The Hall–Kier alpha value is -1.22. The molecule has 16 heavy (non-hydrogen) atoms. The fraction of sp³-hybridized carbons (Fsp3) is 0.538. The van der Waals surface area contributed by atoms with E-state index in [4.69, 9.17) is 11.5 Å². The molecule has 3 nitrogen and oxygen atoms in total. The van der Waals surface area contributed by atoms with Crippen molar-refractivity contribution in [3.05, 3.63) is 23.8 Å². The summed E-state index contributed by atoms with van der Waals surface area (Å²) in [6, 6.07) is 5.99. The van der Waals surface area contributed by atoms with Crippen LogP contribution in [0.5, 0.6) is 0 Å². The molecule has 1 aliphatic heterocycles. The zero-order chi connectivity index (χ0) is 11.4. The average Bonchev–Trinajstić information content (AvgIpc) is 2.52. The quantitative estimate of drug-likeness (QED) is 0.750. The largest absolute Gasteiger partial charge is 0.397 e. The molecular formula is C13H21N3. The van der Waals surface area contributed by atoms with Crippen molar-refractivity contribution in [3.63, 3.8) is 0 Å². The topological polar surface area (TPSA) is 55.3 Å². The lowest BCUT2D eigenvalue weighted by molar-refractivity contribution is 0.277. The van der Waals surface area contributed by atoms with E-state index < -0.39 is 0 Å². The van der Waals surface area contributed by atoms with E-state index in [2.05, 4.69) is 11.0 Å². The molecule has 0 bridgehead atoms. The Morgan fingerprint density at radius 3 is 2.25 bits per heavy atom. The second kappa shape index (κ2) is 5.21. The summed E-state index contributed by atoms with van der Waals surface area (Å²) >= 11 is 0. The van der Waals surface area contributed by atoms with Crippen molar-refractivity contribution in [2.45, 2.75) is 32.2 Å². The summed E-state index contributed by atoms with van der Waals surface area (Å²) in [4.78, 5) is 2.51. The molecule has 0 saturated carbocycles. The van der Waals surface area contributed by atoms with Gasteiger partial charge in [0.15, 0.2) is 0 Å². The van der Waals surface area contributed by atoms with Crippen molar-refractivity contribution < 1.29 is 0 Å². The Bertz CT molecular complexity index is 341. The van der Waals surface area contributed by atoms with Gasteiger partial charge in [-0.25, -0.2) is 0 Å². The minimum Gasteiger partial charge on any atom is -0.397 e. The van der Waals surface area contributed by atoms with Gasteiger partial charge >= 0.3 is 0 Å². The predicted octanol–water partition coefficient (Wildman–Crippen LogP) is 2.23. The van der Waals surface area contributed by atoms with E-state index in [9.17, 15) is 0 Å². The van der Waals surface area contributed by atoms with Crippen LogP contribution < -0.4 is 11.5 Å². The van der Waals surface area contributed by atoms with E-state index in [0.717, 1.165) is 6.54 Å². The molecular weight excluding hydrogens is 198 g/mol. The van der Waals surface area contributed by atoms with Crippen LogP contribution in [0.25, 0.3) is 0 Å². The van der Waals surface area contributed by atoms with E-state index in [1.165, 1.54) is 44.3 Å². The summed E-state index contributed by atoms with van der Waals surface area (Å²) in [6.45, 7) is 3.43. The van der Waals surface area contributed by atoms with Gasteiger partial charge in [0.2, 0.25) is 0 Å². The van der Waals surface area contributed by atoms with Gasteiger partial charge in [-0.05, 0) is 43.6 Å². The number of likely N-dealkylation sites (tertiary alicyclic amines) is 1. The first-order valence-corrected chi connectivity index (χ1v) is 6.12. The van der Waals surface area contributed by atoms with Gasteiger partial charge in [-0.2, -0.15) is 0 Å². The van der Waals surface area contributed by atoms with Crippen LogP contribution in [0.1, 0.15) is 31.2 Å². The van der Waals surface area contributed by atoms with Gasteiger partial charge in [0.05, 0.1) is 11.4 Å². The van der Waals surface area contributed by atoms with Crippen LogP contribution in [0.3, 0.4) is 0 Å². The zero-order valence-electron chi connectivity index (χ0n) is 9.78. The number of rotatable bonds is 2. The molecule has 88 valence electrons. The lowest BCUT2D eigenvalue weighted by Gasteiger charge is -2.20. The van der Waals surface area contributed by atoms with Crippen LogP contribution in [0.15, 0.2) is 18.2 Å². The molecule has 0 unspecified atom stereocenters. The maximum atomic E-state index is 5.81. The van der Waals surface area contributed by atoms with E-state index in [-0.39, 0.29) is 0 Å². The highest BCUT2D eigenvalue weighted by molar-refractivity contribution is 5.63. The molecule has 3 heteroatoms. The summed E-state index contributed by atoms with van der Waals surface area (Å²) in [7, 11) is 0. The minimum atomic E-state index is 0.680. The molecule has 4 N–H and O–H groups in total. The lowest BCUT2D eigenvalue weighted by atomic mass is 10.1. The molecule has 1 fully saturated rings. The predicted molar refractivity (Wildman–Crippen MR) is 69.0 cm³/mol. The summed E-state index contributed by atoms with van der Waals surface area (Å²) in [5, 5.41) is 0. The third-order valence-corrected chi connectivity index (χ3v) is 3.26. The molecule has 1 aromatic carbocycles. The van der Waals surface area contributed by atoms with Crippen LogP contribution in [-0.4, -0.2) is 18.0 Å². The Kier molecular flexibility index (Phi) is 3.67. The smallest absolute Gasteiger partial charge is 0.0551 e. The number of hydrogen-bond acceptors (Lipinski definition) is 3. The van der Waals surface area contributed by atoms with E-state index in [0.29, 0.717) is 11.4 Å². The number of nitrogens with zero attached hydrogens (tertiary/aromatic N) is 1. The Morgan fingerprint density at radius 2 is 1.62 bits per heavy atom. The van der Waals surface area contributed by atoms with Gasteiger partial charge in [-0.15, -0.1) is 0 Å². The fourth-order valence-corrected chi connectivity index (χ4v) is 2.28. The number of benzene rings is 1. The standard InChI is InChI=1S/C13H21N3/c14-12-6-5-11(9-13(12)15)10-16-7-3-1-2-4-8-16/h5-6,9H,1-4,7-8,10,14-15H2. The van der Waals surface area contributed by atoms with Crippen molar-refractivity contribution in [2.24, 2.45) is 0 Å². The first-order valence-electron chi connectivity index (χ1n) is 6.12. The molecule has 0 aliphatic carbocycles. The Balaban J connectivity index is 1.99. The number of nitrogens with two attached hydrogens (primary N) is 2. The SMILES string of the molecule is Nc1ccc(CN2CCCCCC2)cc1N. The highest BCUT2D eigenvalue weighted by Gasteiger charge is 2.09. The van der Waals surface area contributed by atoms with Crippen LogP contribution >= 0.6 is 0 Å². The van der Waals surface area contributed by atoms with E-state index in [1.54, 1.807) is 0 Å². The molecule has 0 spiro atoms. The van der Waals surface area contributed by atoms with Gasteiger partial charge in [0.25, 0.3) is 0 Å². The first-order chi connectivity index (χ1) is 7.75. The van der Waals surface area contributed by atoms with Crippen molar-refractivity contribution in [3.8, 4) is 0 Å². The maximum Gasteiger partial charge on any atom is 0.0551 e. The molecule has 2 rings (SSSR count). The zero-order valence-corrected chi connectivity index (χ0v) is 9.78. The normalized spacial score (nSPS) is 18.2. The number of anilines is 2. The number of nitrogen functional groups attached to an aromatic ring is 2. The van der Waals surface area contributed by atoms with Gasteiger partial charge < -0.3 is 11.5 Å². The van der Waals surface area contributed by atoms with E-state index in [1.807, 2.05) is 12.1 Å². The molecule has 1 aromatic rings. The van der Waals surface area contributed by atoms with Gasteiger partial charge in [-0.3, -0.25) is 4.90 Å². The second-order valence-corrected chi connectivity index (χ2v) is 4.65. The lowest BCUT2D eigenvalue weighted by Crippen LogP contribution is -2.24. The summed E-state index contributed by atoms with van der Waals surface area (Å²) in [5.41, 5.74) is 14.2. The number of hydrogen-bond donors (Lipinski definition) is 2. The molecule has 1 saturated heterocycles. The van der Waals surface area contributed by atoms with Crippen LogP contribution in [-0.2, 0) is 6.54 Å². The highest BCUT2D eigenvalue weighted by atomic mass is 15.1.